The van der Waals surface area contributed by atoms with Crippen molar-refractivity contribution in [3.8, 4) is 5.75 Å². The SMILES string of the molecule is Oc1ccc(N2C=CN(c3ccncc3)C2)cc1. The summed E-state index contributed by atoms with van der Waals surface area (Å²) in [6.07, 6.45) is 7.62. The van der Waals surface area contributed by atoms with E-state index in [1.54, 1.807) is 24.5 Å². The topological polar surface area (TPSA) is 39.6 Å². The van der Waals surface area contributed by atoms with E-state index >= 15 is 0 Å². The first-order valence-electron chi connectivity index (χ1n) is 5.73. The molecular weight excluding hydrogens is 226 g/mol. The number of hydrogen-bond acceptors (Lipinski definition) is 4. The van der Waals surface area contributed by atoms with Crippen LogP contribution in [0.25, 0.3) is 0 Å². The van der Waals surface area contributed by atoms with Crippen molar-refractivity contribution >= 4 is 11.4 Å². The minimum atomic E-state index is 0.285. The molecule has 4 nitrogen and oxygen atoms in total. The summed E-state index contributed by atoms with van der Waals surface area (Å²) in [5, 5.41) is 9.28. The highest BCUT2D eigenvalue weighted by atomic mass is 16.3. The number of aromatic nitrogens is 1. The Balaban J connectivity index is 1.77. The van der Waals surface area contributed by atoms with Gasteiger partial charge in [0.05, 0.1) is 6.67 Å². The Morgan fingerprint density at radius 1 is 0.833 bits per heavy atom. The van der Waals surface area contributed by atoms with E-state index in [1.165, 1.54) is 0 Å². The first kappa shape index (κ1) is 10.7. The maximum Gasteiger partial charge on any atom is 0.115 e. The number of hydrogen-bond donors (Lipinski definition) is 1. The summed E-state index contributed by atoms with van der Waals surface area (Å²) < 4.78 is 0. The molecule has 0 spiro atoms. The number of benzene rings is 1. The van der Waals surface area contributed by atoms with E-state index in [0.717, 1.165) is 18.0 Å². The van der Waals surface area contributed by atoms with Gasteiger partial charge < -0.3 is 14.9 Å². The molecule has 0 unspecified atom stereocenters. The van der Waals surface area contributed by atoms with Gasteiger partial charge in [0.15, 0.2) is 0 Å². The van der Waals surface area contributed by atoms with Gasteiger partial charge in [-0.1, -0.05) is 0 Å². The molecule has 0 radical (unpaired) electrons. The number of aromatic hydroxyl groups is 1. The third kappa shape index (κ3) is 2.00. The second-order valence-electron chi connectivity index (χ2n) is 4.10. The van der Waals surface area contributed by atoms with E-state index in [4.69, 9.17) is 0 Å². The average Bonchev–Trinajstić information content (AvgIpc) is 2.90. The molecule has 0 amide bonds. The fourth-order valence-corrected chi connectivity index (χ4v) is 1.93. The zero-order valence-electron chi connectivity index (χ0n) is 9.77. The number of phenolic OH excluding ortho intramolecular Hbond substituents is 1. The lowest BCUT2D eigenvalue weighted by Crippen LogP contribution is -2.24. The van der Waals surface area contributed by atoms with E-state index < -0.39 is 0 Å². The molecule has 1 aromatic carbocycles. The molecule has 1 aliphatic rings. The molecule has 1 aliphatic heterocycles. The minimum absolute atomic E-state index is 0.285. The lowest BCUT2D eigenvalue weighted by Gasteiger charge is -2.21. The Hall–Kier alpha value is -2.49. The van der Waals surface area contributed by atoms with Crippen molar-refractivity contribution in [2.24, 2.45) is 0 Å². The smallest absolute Gasteiger partial charge is 0.115 e. The second-order valence-corrected chi connectivity index (χ2v) is 4.10. The molecule has 4 heteroatoms. The molecule has 0 saturated heterocycles. The van der Waals surface area contributed by atoms with Crippen molar-refractivity contribution in [1.29, 1.82) is 0 Å². The minimum Gasteiger partial charge on any atom is -0.508 e. The molecule has 1 aromatic heterocycles. The van der Waals surface area contributed by atoms with Gasteiger partial charge in [-0.05, 0) is 36.4 Å². The summed E-state index contributed by atoms with van der Waals surface area (Å²) in [7, 11) is 0. The highest BCUT2D eigenvalue weighted by molar-refractivity contribution is 5.59. The van der Waals surface area contributed by atoms with Crippen LogP contribution in [-0.2, 0) is 0 Å². The van der Waals surface area contributed by atoms with Gasteiger partial charge >= 0.3 is 0 Å². The van der Waals surface area contributed by atoms with Crippen molar-refractivity contribution in [3.05, 3.63) is 61.2 Å². The van der Waals surface area contributed by atoms with Crippen LogP contribution in [0, 0.1) is 0 Å². The van der Waals surface area contributed by atoms with Crippen LogP contribution in [0.15, 0.2) is 61.2 Å². The third-order valence-corrected chi connectivity index (χ3v) is 2.91. The van der Waals surface area contributed by atoms with E-state index in [9.17, 15) is 5.11 Å². The van der Waals surface area contributed by atoms with Crippen molar-refractivity contribution in [3.63, 3.8) is 0 Å². The molecule has 0 saturated carbocycles. The van der Waals surface area contributed by atoms with Crippen molar-refractivity contribution in [2.45, 2.75) is 0 Å². The van der Waals surface area contributed by atoms with Gasteiger partial charge in [0.25, 0.3) is 0 Å². The molecular formula is C14H13N3O. The largest absolute Gasteiger partial charge is 0.508 e. The monoisotopic (exact) mass is 239 g/mol. The molecule has 0 fully saturated rings. The normalized spacial score (nSPS) is 14.2. The second kappa shape index (κ2) is 4.41. The molecule has 0 bridgehead atoms. The average molecular weight is 239 g/mol. The number of rotatable bonds is 2. The molecule has 2 heterocycles. The maximum absolute atomic E-state index is 9.28. The summed E-state index contributed by atoms with van der Waals surface area (Å²) >= 11 is 0. The van der Waals surface area contributed by atoms with E-state index in [0.29, 0.717) is 0 Å². The van der Waals surface area contributed by atoms with Crippen LogP contribution in [0.4, 0.5) is 11.4 Å². The van der Waals surface area contributed by atoms with Crippen LogP contribution in [0.1, 0.15) is 0 Å². The van der Waals surface area contributed by atoms with E-state index in [1.807, 2.05) is 36.7 Å². The summed E-state index contributed by atoms with van der Waals surface area (Å²) in [4.78, 5) is 8.26. The van der Waals surface area contributed by atoms with Gasteiger partial charge in [-0.15, -0.1) is 0 Å². The predicted octanol–water partition coefficient (Wildman–Crippen LogP) is 2.54. The van der Waals surface area contributed by atoms with Gasteiger partial charge in [0.1, 0.15) is 5.75 Å². The Labute approximate surface area is 105 Å². The third-order valence-electron chi connectivity index (χ3n) is 2.91. The Kier molecular flexibility index (Phi) is 2.61. The number of nitrogens with zero attached hydrogens (tertiary/aromatic N) is 3. The quantitative estimate of drug-likeness (QED) is 0.874. The van der Waals surface area contributed by atoms with Crippen molar-refractivity contribution in [2.75, 3.05) is 16.5 Å². The van der Waals surface area contributed by atoms with Crippen molar-refractivity contribution < 1.29 is 5.11 Å². The van der Waals surface area contributed by atoms with Crippen molar-refractivity contribution in [1.82, 2.24) is 4.98 Å². The standard InChI is InChI=1S/C14H13N3O/c18-14-3-1-12(2-4-14)16-9-10-17(11-16)13-5-7-15-8-6-13/h1-10,18H,11H2. The van der Waals surface area contributed by atoms with Gasteiger partial charge in [0, 0.05) is 36.2 Å². The fourth-order valence-electron chi connectivity index (χ4n) is 1.93. The fraction of sp³-hybridized carbons (Fsp3) is 0.0714. The van der Waals surface area contributed by atoms with Gasteiger partial charge in [-0.3, -0.25) is 4.98 Å². The maximum atomic E-state index is 9.28. The Morgan fingerprint density at radius 3 is 2.00 bits per heavy atom. The lowest BCUT2D eigenvalue weighted by atomic mass is 10.3. The molecule has 18 heavy (non-hydrogen) atoms. The van der Waals surface area contributed by atoms with Crippen LogP contribution in [0.5, 0.6) is 5.75 Å². The van der Waals surface area contributed by atoms with Gasteiger partial charge in [-0.2, -0.15) is 0 Å². The highest BCUT2D eigenvalue weighted by Gasteiger charge is 2.14. The van der Waals surface area contributed by atoms with E-state index in [2.05, 4.69) is 14.8 Å². The number of pyridine rings is 1. The van der Waals surface area contributed by atoms with Crippen LogP contribution in [0.2, 0.25) is 0 Å². The first-order valence-corrected chi connectivity index (χ1v) is 5.73. The molecule has 0 atom stereocenters. The zero-order valence-corrected chi connectivity index (χ0v) is 9.77. The molecule has 3 rings (SSSR count). The Bertz CT molecular complexity index is 551. The predicted molar refractivity (Wildman–Crippen MR) is 71.3 cm³/mol. The van der Waals surface area contributed by atoms with Crippen LogP contribution >= 0.6 is 0 Å². The summed E-state index contributed by atoms with van der Waals surface area (Å²) in [5.74, 6) is 0.285. The highest BCUT2D eigenvalue weighted by Crippen LogP contribution is 2.24. The van der Waals surface area contributed by atoms with Gasteiger partial charge in [-0.25, -0.2) is 0 Å². The molecule has 1 N–H and O–H groups in total. The molecule has 0 aliphatic carbocycles. The number of anilines is 2. The first-order chi connectivity index (χ1) is 8.83. The lowest BCUT2D eigenvalue weighted by molar-refractivity contribution is 0.475. The zero-order chi connectivity index (χ0) is 12.4. The molecule has 90 valence electrons. The van der Waals surface area contributed by atoms with E-state index in [-0.39, 0.29) is 5.75 Å². The summed E-state index contributed by atoms with van der Waals surface area (Å²) in [6.45, 7) is 0.759. The summed E-state index contributed by atoms with van der Waals surface area (Å²) in [5.41, 5.74) is 2.17. The van der Waals surface area contributed by atoms with Crippen LogP contribution < -0.4 is 9.80 Å². The van der Waals surface area contributed by atoms with Crippen LogP contribution in [-0.4, -0.2) is 16.8 Å². The van der Waals surface area contributed by atoms with Gasteiger partial charge in [0.2, 0.25) is 0 Å². The molecule has 2 aromatic rings. The summed E-state index contributed by atoms with van der Waals surface area (Å²) in [6, 6.07) is 11.1. The van der Waals surface area contributed by atoms with Crippen LogP contribution in [0.3, 0.4) is 0 Å². The number of phenols is 1. The Morgan fingerprint density at radius 2 is 1.39 bits per heavy atom.